The summed E-state index contributed by atoms with van der Waals surface area (Å²) in [5.74, 6) is 6.84. The van der Waals surface area contributed by atoms with Gasteiger partial charge in [0.1, 0.15) is 0 Å². The van der Waals surface area contributed by atoms with Gasteiger partial charge in [-0.05, 0) is 19.4 Å². The second kappa shape index (κ2) is 6.28. The Bertz CT molecular complexity index is 449. The molecular weight excluding hydrogens is 229 g/mol. The Hall–Kier alpha value is -1.51. The van der Waals surface area contributed by atoms with Crippen molar-refractivity contribution in [2.45, 2.75) is 25.8 Å². The summed E-state index contributed by atoms with van der Waals surface area (Å²) in [6.45, 7) is 1.68. The minimum absolute atomic E-state index is 0.00398. The van der Waals surface area contributed by atoms with E-state index in [9.17, 15) is 13.2 Å². The molecule has 3 N–H and O–H groups in total. The molecule has 0 heterocycles. The number of hydrazine groups is 1. The summed E-state index contributed by atoms with van der Waals surface area (Å²) >= 11 is 0. The van der Waals surface area contributed by atoms with Crippen molar-refractivity contribution < 1.29 is 13.2 Å². The smallest absolute Gasteiger partial charge is 0.194 e. The second-order valence-corrected chi connectivity index (χ2v) is 3.45. The first-order valence-electron chi connectivity index (χ1n) is 5.11. The van der Waals surface area contributed by atoms with Crippen LogP contribution in [0.5, 0.6) is 0 Å². The van der Waals surface area contributed by atoms with Crippen molar-refractivity contribution >= 4 is 0 Å². The number of nitrogens with two attached hydrogens (primary N) is 1. The number of nitrogens with one attached hydrogen (secondary N) is 1. The number of hydrogen-bond donors (Lipinski definition) is 2. The van der Waals surface area contributed by atoms with Crippen molar-refractivity contribution in [3.05, 3.63) is 35.1 Å². The number of halogens is 3. The fourth-order valence-electron chi connectivity index (χ4n) is 1.48. The zero-order valence-corrected chi connectivity index (χ0v) is 9.36. The normalized spacial score (nSPS) is 11.8. The average molecular weight is 242 g/mol. The maximum atomic E-state index is 13.5. The van der Waals surface area contributed by atoms with Gasteiger partial charge in [-0.1, -0.05) is 6.07 Å². The Balaban J connectivity index is 2.94. The molecule has 5 heteroatoms. The predicted octanol–water partition coefficient (Wildman–Crippen LogP) is 2.41. The number of benzene rings is 1. The second-order valence-electron chi connectivity index (χ2n) is 3.45. The third-order valence-electron chi connectivity index (χ3n) is 2.38. The lowest BCUT2D eigenvalue weighted by molar-refractivity contribution is 0.420. The van der Waals surface area contributed by atoms with Crippen LogP contribution < -0.4 is 11.3 Å². The van der Waals surface area contributed by atoms with Crippen LogP contribution in [0.25, 0.3) is 0 Å². The molecule has 2 nitrogen and oxygen atoms in total. The first-order valence-corrected chi connectivity index (χ1v) is 5.11. The van der Waals surface area contributed by atoms with Gasteiger partial charge in [0.25, 0.3) is 0 Å². The lowest BCUT2D eigenvalue weighted by Crippen LogP contribution is -2.29. The van der Waals surface area contributed by atoms with Crippen LogP contribution in [0.2, 0.25) is 0 Å². The van der Waals surface area contributed by atoms with E-state index in [1.807, 2.05) is 0 Å². The van der Waals surface area contributed by atoms with Crippen LogP contribution in [0.4, 0.5) is 13.2 Å². The first kappa shape index (κ1) is 13.6. The maximum Gasteiger partial charge on any atom is 0.194 e. The van der Waals surface area contributed by atoms with Gasteiger partial charge in [0.2, 0.25) is 0 Å². The molecule has 0 radical (unpaired) electrons. The van der Waals surface area contributed by atoms with Gasteiger partial charge in [-0.3, -0.25) is 11.3 Å². The molecule has 0 spiro atoms. The summed E-state index contributed by atoms with van der Waals surface area (Å²) in [5.41, 5.74) is 2.37. The van der Waals surface area contributed by atoms with Gasteiger partial charge in [-0.25, -0.2) is 13.2 Å². The van der Waals surface area contributed by atoms with E-state index >= 15 is 0 Å². The lowest BCUT2D eigenvalue weighted by atomic mass is 10.0. The maximum absolute atomic E-state index is 13.5. The molecule has 0 fully saturated rings. The van der Waals surface area contributed by atoms with Crippen molar-refractivity contribution in [2.24, 2.45) is 5.84 Å². The van der Waals surface area contributed by atoms with E-state index in [2.05, 4.69) is 17.3 Å². The van der Waals surface area contributed by atoms with E-state index in [0.717, 1.165) is 6.07 Å². The zero-order chi connectivity index (χ0) is 12.8. The largest absolute Gasteiger partial charge is 0.271 e. The summed E-state index contributed by atoms with van der Waals surface area (Å²) in [7, 11) is 0. The van der Waals surface area contributed by atoms with E-state index in [4.69, 9.17) is 5.84 Å². The quantitative estimate of drug-likeness (QED) is 0.368. The zero-order valence-electron chi connectivity index (χ0n) is 9.36. The Morgan fingerprint density at radius 1 is 1.29 bits per heavy atom. The molecule has 1 unspecified atom stereocenters. The van der Waals surface area contributed by atoms with E-state index < -0.39 is 23.5 Å². The topological polar surface area (TPSA) is 38.0 Å². The Morgan fingerprint density at radius 3 is 2.59 bits per heavy atom. The van der Waals surface area contributed by atoms with E-state index in [-0.39, 0.29) is 5.56 Å². The SMILES string of the molecule is CC#CCCC(NN)c1ccc(F)c(F)c1F. The predicted molar refractivity (Wildman–Crippen MR) is 59.1 cm³/mol. The fraction of sp³-hybridized carbons (Fsp3) is 0.333. The molecule has 17 heavy (non-hydrogen) atoms. The van der Waals surface area contributed by atoms with Crippen LogP contribution in [-0.2, 0) is 0 Å². The van der Waals surface area contributed by atoms with Crippen molar-refractivity contribution in [1.29, 1.82) is 0 Å². The van der Waals surface area contributed by atoms with Crippen molar-refractivity contribution in [1.82, 2.24) is 5.43 Å². The summed E-state index contributed by atoms with van der Waals surface area (Å²) < 4.78 is 39.2. The highest BCUT2D eigenvalue weighted by Gasteiger charge is 2.19. The summed E-state index contributed by atoms with van der Waals surface area (Å²) in [5, 5.41) is 0. The highest BCUT2D eigenvalue weighted by Crippen LogP contribution is 2.23. The van der Waals surface area contributed by atoms with Gasteiger partial charge in [0.15, 0.2) is 17.5 Å². The molecule has 0 saturated carbocycles. The van der Waals surface area contributed by atoms with Gasteiger partial charge in [-0.2, -0.15) is 0 Å². The van der Waals surface area contributed by atoms with Crippen LogP contribution in [0.15, 0.2) is 12.1 Å². The van der Waals surface area contributed by atoms with Gasteiger partial charge in [0.05, 0.1) is 0 Å². The van der Waals surface area contributed by atoms with E-state index in [0.29, 0.717) is 12.8 Å². The van der Waals surface area contributed by atoms with Gasteiger partial charge >= 0.3 is 0 Å². The summed E-state index contributed by atoms with van der Waals surface area (Å²) in [6.07, 6.45) is 0.906. The highest BCUT2D eigenvalue weighted by molar-refractivity contribution is 5.23. The summed E-state index contributed by atoms with van der Waals surface area (Å²) in [6, 6.07) is 1.47. The minimum Gasteiger partial charge on any atom is -0.271 e. The van der Waals surface area contributed by atoms with Crippen molar-refractivity contribution in [3.63, 3.8) is 0 Å². The lowest BCUT2D eigenvalue weighted by Gasteiger charge is -2.16. The molecule has 0 aromatic heterocycles. The third-order valence-corrected chi connectivity index (χ3v) is 2.38. The Kier molecular flexibility index (Phi) is 5.01. The third kappa shape index (κ3) is 3.22. The highest BCUT2D eigenvalue weighted by atomic mass is 19.2. The summed E-state index contributed by atoms with van der Waals surface area (Å²) in [4.78, 5) is 0. The van der Waals surface area contributed by atoms with Crippen LogP contribution in [0.3, 0.4) is 0 Å². The Morgan fingerprint density at radius 2 is 2.00 bits per heavy atom. The van der Waals surface area contributed by atoms with Gasteiger partial charge < -0.3 is 0 Å². The molecule has 0 amide bonds. The molecule has 1 atom stereocenters. The molecule has 0 aliphatic carbocycles. The average Bonchev–Trinajstić information content (AvgIpc) is 2.33. The molecule has 1 rings (SSSR count). The van der Waals surface area contributed by atoms with Gasteiger partial charge in [0, 0.05) is 18.0 Å². The molecule has 0 bridgehead atoms. The molecule has 0 saturated heterocycles. The number of rotatable bonds is 4. The van der Waals surface area contributed by atoms with E-state index in [1.54, 1.807) is 6.92 Å². The van der Waals surface area contributed by atoms with Crippen molar-refractivity contribution in [3.8, 4) is 11.8 Å². The minimum atomic E-state index is -1.48. The molecule has 0 aliphatic heterocycles. The van der Waals surface area contributed by atoms with Crippen LogP contribution in [-0.4, -0.2) is 0 Å². The monoisotopic (exact) mass is 242 g/mol. The number of hydrogen-bond acceptors (Lipinski definition) is 2. The molecule has 1 aromatic rings. The Labute approximate surface area is 98.0 Å². The van der Waals surface area contributed by atoms with Crippen LogP contribution in [0.1, 0.15) is 31.4 Å². The first-order chi connectivity index (χ1) is 8.11. The van der Waals surface area contributed by atoms with Gasteiger partial charge in [-0.15, -0.1) is 11.8 Å². The van der Waals surface area contributed by atoms with Crippen molar-refractivity contribution in [2.75, 3.05) is 0 Å². The van der Waals surface area contributed by atoms with E-state index in [1.165, 1.54) is 6.07 Å². The van der Waals surface area contributed by atoms with Crippen LogP contribution in [0, 0.1) is 29.3 Å². The molecule has 0 aliphatic rings. The molecular formula is C12H13F3N2. The molecule has 92 valence electrons. The fourth-order valence-corrected chi connectivity index (χ4v) is 1.48. The standard InChI is InChI=1S/C12H13F3N2/c1-2-3-4-5-10(17-16)8-6-7-9(13)12(15)11(8)14/h6-7,10,17H,4-5,16H2,1H3. The van der Waals surface area contributed by atoms with Crippen LogP contribution >= 0.6 is 0 Å². The molecule has 1 aromatic carbocycles.